The Hall–Kier alpha value is 1.94. The molecular weight excluding hydrogens is 181 g/mol. The molecule has 4 nitrogen and oxygen atoms in total. The van der Waals surface area contributed by atoms with Crippen molar-refractivity contribution >= 4 is 101 Å². The summed E-state index contributed by atoms with van der Waals surface area (Å²) in [5, 5.41) is 15.9. The predicted molar refractivity (Wildman–Crippen MR) is 45.9 cm³/mol. The molecule has 0 unspecified atom stereocenters. The monoisotopic (exact) mass is 190 g/mol. The first-order valence-corrected chi connectivity index (χ1v) is 2.01. The molecule has 0 aromatic heterocycles. The summed E-state index contributed by atoms with van der Waals surface area (Å²) >= 11 is 0. The summed E-state index contributed by atoms with van der Waals surface area (Å²) in [6.07, 6.45) is 0. The first kappa shape index (κ1) is 23.1. The van der Waals surface area contributed by atoms with E-state index in [2.05, 4.69) is 0 Å². The van der Waals surface area contributed by atoms with Crippen LogP contribution in [0.1, 0.15) is 6.92 Å². The molecular formula is C4H9Na3O4. The third kappa shape index (κ3) is 11.9. The second kappa shape index (κ2) is 11.9. The van der Waals surface area contributed by atoms with Gasteiger partial charge in [0, 0.05) is 0 Å². The Bertz CT molecular complexity index is 113. The van der Waals surface area contributed by atoms with Gasteiger partial charge in [0.25, 0.3) is 0 Å². The number of hydrogen-bond acceptors (Lipinski definition) is 2. The van der Waals surface area contributed by atoms with Crippen molar-refractivity contribution in [3.63, 3.8) is 0 Å². The molecule has 0 aromatic rings. The molecule has 2 N–H and O–H groups in total. The summed E-state index contributed by atoms with van der Waals surface area (Å²) in [7, 11) is 0. The summed E-state index contributed by atoms with van der Waals surface area (Å²) in [6, 6.07) is 0. The van der Waals surface area contributed by atoms with Gasteiger partial charge in [0.2, 0.25) is 0 Å². The minimum absolute atomic E-state index is 0. The Labute approximate surface area is 131 Å². The molecule has 0 heterocycles. The van der Waals surface area contributed by atoms with Crippen LogP contribution < -0.4 is 0 Å². The maximum absolute atomic E-state index is 9.76. The average Bonchev–Trinajstić information content (AvgIpc) is 1.64. The molecule has 0 spiro atoms. The van der Waals surface area contributed by atoms with Crippen LogP contribution in [-0.4, -0.2) is 111 Å². The molecule has 0 bridgehead atoms. The van der Waals surface area contributed by atoms with Gasteiger partial charge < -0.3 is 10.2 Å². The van der Waals surface area contributed by atoms with Crippen molar-refractivity contribution in [2.24, 2.45) is 5.92 Å². The molecule has 0 atom stereocenters. The molecule has 0 saturated carbocycles. The molecule has 0 saturated heterocycles. The Morgan fingerprint density at radius 1 is 1.00 bits per heavy atom. The Kier molecular flexibility index (Phi) is 25.1. The van der Waals surface area contributed by atoms with Gasteiger partial charge in [-0.25, -0.2) is 0 Å². The molecule has 7 heteroatoms. The van der Waals surface area contributed by atoms with E-state index in [0.29, 0.717) is 0 Å². The van der Waals surface area contributed by atoms with E-state index in [1.165, 1.54) is 0 Å². The Morgan fingerprint density at radius 2 is 1.18 bits per heavy atom. The van der Waals surface area contributed by atoms with E-state index in [0.717, 1.165) is 6.92 Å². The molecule has 0 radical (unpaired) electrons. The van der Waals surface area contributed by atoms with E-state index in [1.54, 1.807) is 0 Å². The normalized spacial score (nSPS) is 6.73. The number of aliphatic carboxylic acids is 2. The van der Waals surface area contributed by atoms with Crippen LogP contribution in [0.15, 0.2) is 0 Å². The van der Waals surface area contributed by atoms with E-state index in [-0.39, 0.29) is 88.7 Å². The molecule has 0 aliphatic carbocycles. The molecule has 0 aliphatic heterocycles. The van der Waals surface area contributed by atoms with Gasteiger partial charge in [-0.3, -0.25) is 9.59 Å². The average molecular weight is 190 g/mol. The van der Waals surface area contributed by atoms with E-state index < -0.39 is 17.9 Å². The van der Waals surface area contributed by atoms with Gasteiger partial charge in [0.05, 0.1) is 0 Å². The quantitative estimate of drug-likeness (QED) is 0.384. The fraction of sp³-hybridized carbons (Fsp3) is 0.500. The van der Waals surface area contributed by atoms with E-state index >= 15 is 0 Å². The first-order valence-electron chi connectivity index (χ1n) is 2.01. The number of rotatable bonds is 2. The van der Waals surface area contributed by atoms with Crippen LogP contribution in [-0.2, 0) is 9.59 Å². The second-order valence-corrected chi connectivity index (χ2v) is 1.40. The molecule has 0 aromatic carbocycles. The topological polar surface area (TPSA) is 74.6 Å². The standard InChI is InChI=1S/C4H6O4.3Na.3H/c1-2(3(5)6)4(7)8;;;;;;/h2H,1H3,(H,5,6)(H,7,8);;;;;;. The summed E-state index contributed by atoms with van der Waals surface area (Å²) in [5.74, 6) is -3.91. The fourth-order valence-electron chi connectivity index (χ4n) is 0.106. The van der Waals surface area contributed by atoms with Crippen LogP contribution in [0, 0.1) is 5.92 Å². The van der Waals surface area contributed by atoms with Crippen LogP contribution in [0.25, 0.3) is 0 Å². The van der Waals surface area contributed by atoms with Crippen LogP contribution >= 0.6 is 0 Å². The van der Waals surface area contributed by atoms with Gasteiger partial charge in [-0.2, -0.15) is 0 Å². The van der Waals surface area contributed by atoms with Gasteiger partial charge in [0.15, 0.2) is 5.92 Å². The van der Waals surface area contributed by atoms with Crippen LogP contribution in [0.2, 0.25) is 0 Å². The van der Waals surface area contributed by atoms with Crippen LogP contribution in [0.4, 0.5) is 0 Å². The van der Waals surface area contributed by atoms with Gasteiger partial charge >= 0.3 is 101 Å². The van der Waals surface area contributed by atoms with Crippen molar-refractivity contribution in [1.29, 1.82) is 0 Å². The van der Waals surface area contributed by atoms with Crippen molar-refractivity contribution in [1.82, 2.24) is 0 Å². The summed E-state index contributed by atoms with van der Waals surface area (Å²) < 4.78 is 0. The fourth-order valence-corrected chi connectivity index (χ4v) is 0.106. The van der Waals surface area contributed by atoms with E-state index in [1.807, 2.05) is 0 Å². The summed E-state index contributed by atoms with van der Waals surface area (Å²) in [4.78, 5) is 19.5. The molecule has 11 heavy (non-hydrogen) atoms. The van der Waals surface area contributed by atoms with Crippen molar-refractivity contribution in [3.05, 3.63) is 0 Å². The minimum atomic E-state index is -1.31. The zero-order valence-electron chi connectivity index (χ0n) is 4.29. The van der Waals surface area contributed by atoms with Gasteiger partial charge in [-0.1, -0.05) is 0 Å². The van der Waals surface area contributed by atoms with Crippen LogP contribution in [0.3, 0.4) is 0 Å². The molecule has 0 fully saturated rings. The third-order valence-electron chi connectivity index (χ3n) is 0.741. The molecule has 0 rings (SSSR count). The van der Waals surface area contributed by atoms with Gasteiger partial charge in [-0.05, 0) is 6.92 Å². The van der Waals surface area contributed by atoms with Crippen molar-refractivity contribution in [2.45, 2.75) is 6.92 Å². The zero-order chi connectivity index (χ0) is 6.73. The number of carboxylic acids is 2. The third-order valence-corrected chi connectivity index (χ3v) is 0.741. The molecule has 0 aliphatic rings. The van der Waals surface area contributed by atoms with E-state index in [9.17, 15) is 9.59 Å². The Morgan fingerprint density at radius 3 is 1.18 bits per heavy atom. The maximum atomic E-state index is 9.76. The van der Waals surface area contributed by atoms with Crippen LogP contribution in [0.5, 0.6) is 0 Å². The second-order valence-electron chi connectivity index (χ2n) is 1.40. The number of carboxylic acid groups (broad SMARTS) is 2. The summed E-state index contributed by atoms with van der Waals surface area (Å²) in [6.45, 7) is 1.12. The van der Waals surface area contributed by atoms with Gasteiger partial charge in [-0.15, -0.1) is 0 Å². The number of hydrogen-bond donors (Lipinski definition) is 2. The molecule has 52 valence electrons. The van der Waals surface area contributed by atoms with Crippen molar-refractivity contribution in [2.75, 3.05) is 0 Å². The predicted octanol–water partition coefficient (Wildman–Crippen LogP) is -2.15. The van der Waals surface area contributed by atoms with Crippen molar-refractivity contribution in [3.8, 4) is 0 Å². The number of carbonyl (C=O) groups is 2. The summed E-state index contributed by atoms with van der Waals surface area (Å²) in [5.41, 5.74) is 0. The SMILES string of the molecule is CC(C(=O)O)C(=O)O.[NaH].[NaH].[NaH]. The van der Waals surface area contributed by atoms with Gasteiger partial charge in [0.1, 0.15) is 0 Å². The Balaban J connectivity index is -0.0000000817. The zero-order valence-corrected chi connectivity index (χ0v) is 4.29. The first-order chi connectivity index (χ1) is 3.55. The van der Waals surface area contributed by atoms with Crippen molar-refractivity contribution < 1.29 is 19.8 Å². The molecule has 0 amide bonds. The van der Waals surface area contributed by atoms with E-state index in [4.69, 9.17) is 10.2 Å².